The van der Waals surface area contributed by atoms with Gasteiger partial charge in [0.25, 0.3) is 0 Å². The van der Waals surface area contributed by atoms with Gasteiger partial charge in [0.05, 0.1) is 0 Å². The van der Waals surface area contributed by atoms with Crippen LogP contribution in [0.2, 0.25) is 0 Å². The van der Waals surface area contributed by atoms with Gasteiger partial charge in [-0.3, -0.25) is 4.90 Å². The number of hydrogen-bond donors (Lipinski definition) is 1. The average molecular weight is 256 g/mol. The number of hydrogen-bond acceptors (Lipinski definition) is 4. The molecular formula is C12H18F2N4. The Hall–Kier alpha value is -1.43. The highest BCUT2D eigenvalue weighted by molar-refractivity contribution is 5.47. The first-order valence-corrected chi connectivity index (χ1v) is 6.20. The van der Waals surface area contributed by atoms with Gasteiger partial charge in [-0.15, -0.1) is 0 Å². The van der Waals surface area contributed by atoms with Crippen molar-refractivity contribution in [2.75, 3.05) is 43.4 Å². The molecule has 0 aromatic carbocycles. The number of nitrogens with zero attached hydrogens (tertiary/aromatic N) is 3. The molecule has 1 saturated heterocycles. The van der Waals surface area contributed by atoms with Gasteiger partial charge < -0.3 is 10.6 Å². The second-order valence-electron chi connectivity index (χ2n) is 4.49. The predicted octanol–water partition coefficient (Wildman–Crippen LogP) is 1.47. The number of nitrogens with two attached hydrogens (primary N) is 1. The topological polar surface area (TPSA) is 45.4 Å². The molecule has 0 amide bonds. The number of piperazine rings is 1. The SMILES string of the molecule is CCCN1CCN(c2nc(N)c(F)cc2F)CC1. The Labute approximate surface area is 105 Å². The summed E-state index contributed by atoms with van der Waals surface area (Å²) in [6, 6.07) is 0.802. The minimum absolute atomic E-state index is 0.157. The molecule has 0 radical (unpaired) electrons. The summed E-state index contributed by atoms with van der Waals surface area (Å²) in [7, 11) is 0. The molecule has 4 nitrogen and oxygen atoms in total. The molecule has 18 heavy (non-hydrogen) atoms. The van der Waals surface area contributed by atoms with Crippen LogP contribution in [-0.2, 0) is 0 Å². The third kappa shape index (κ3) is 2.69. The number of aromatic nitrogens is 1. The van der Waals surface area contributed by atoms with E-state index in [-0.39, 0.29) is 11.6 Å². The van der Waals surface area contributed by atoms with Crippen molar-refractivity contribution in [3.63, 3.8) is 0 Å². The monoisotopic (exact) mass is 256 g/mol. The molecule has 1 aliphatic heterocycles. The van der Waals surface area contributed by atoms with Crippen molar-refractivity contribution in [2.45, 2.75) is 13.3 Å². The van der Waals surface area contributed by atoms with E-state index in [0.29, 0.717) is 13.1 Å². The predicted molar refractivity (Wildman–Crippen MR) is 67.5 cm³/mol. The fourth-order valence-corrected chi connectivity index (χ4v) is 2.19. The largest absolute Gasteiger partial charge is 0.381 e. The van der Waals surface area contributed by atoms with Gasteiger partial charge in [-0.25, -0.2) is 13.8 Å². The van der Waals surface area contributed by atoms with E-state index in [0.717, 1.165) is 32.1 Å². The van der Waals surface area contributed by atoms with Gasteiger partial charge in [0.15, 0.2) is 23.3 Å². The first kappa shape index (κ1) is 13.0. The van der Waals surface area contributed by atoms with E-state index in [4.69, 9.17) is 5.73 Å². The van der Waals surface area contributed by atoms with E-state index in [1.165, 1.54) is 0 Å². The number of pyridine rings is 1. The molecule has 2 rings (SSSR count). The number of rotatable bonds is 3. The molecule has 100 valence electrons. The van der Waals surface area contributed by atoms with Crippen molar-refractivity contribution in [2.24, 2.45) is 0 Å². The number of anilines is 2. The summed E-state index contributed by atoms with van der Waals surface area (Å²) in [5, 5.41) is 0. The van der Waals surface area contributed by atoms with Crippen LogP contribution in [0.4, 0.5) is 20.4 Å². The van der Waals surface area contributed by atoms with Gasteiger partial charge in [-0.1, -0.05) is 6.92 Å². The molecule has 0 aliphatic carbocycles. The first-order valence-electron chi connectivity index (χ1n) is 6.20. The minimum atomic E-state index is -0.805. The van der Waals surface area contributed by atoms with E-state index >= 15 is 0 Å². The van der Waals surface area contributed by atoms with Gasteiger partial charge in [0.2, 0.25) is 0 Å². The Balaban J connectivity index is 2.07. The molecule has 1 aromatic rings. The summed E-state index contributed by atoms with van der Waals surface area (Å²) in [5.74, 6) is -1.54. The second-order valence-corrected chi connectivity index (χ2v) is 4.49. The van der Waals surface area contributed by atoms with E-state index < -0.39 is 11.6 Å². The molecule has 0 spiro atoms. The van der Waals surface area contributed by atoms with Gasteiger partial charge >= 0.3 is 0 Å². The van der Waals surface area contributed by atoms with Crippen molar-refractivity contribution >= 4 is 11.6 Å². The zero-order chi connectivity index (χ0) is 13.1. The van der Waals surface area contributed by atoms with Crippen molar-refractivity contribution in [1.82, 2.24) is 9.88 Å². The van der Waals surface area contributed by atoms with Crippen LogP contribution in [0.15, 0.2) is 6.07 Å². The van der Waals surface area contributed by atoms with Crippen LogP contribution < -0.4 is 10.6 Å². The second kappa shape index (κ2) is 5.48. The fourth-order valence-electron chi connectivity index (χ4n) is 2.19. The van der Waals surface area contributed by atoms with Crippen LogP contribution in [0.5, 0.6) is 0 Å². The van der Waals surface area contributed by atoms with Gasteiger partial charge in [-0.05, 0) is 13.0 Å². The summed E-state index contributed by atoms with van der Waals surface area (Å²) < 4.78 is 26.7. The summed E-state index contributed by atoms with van der Waals surface area (Å²) in [6.45, 7) is 6.30. The van der Waals surface area contributed by atoms with E-state index in [1.807, 2.05) is 4.90 Å². The highest BCUT2D eigenvalue weighted by Crippen LogP contribution is 2.21. The zero-order valence-electron chi connectivity index (χ0n) is 10.5. The molecule has 6 heteroatoms. The lowest BCUT2D eigenvalue weighted by Crippen LogP contribution is -2.47. The van der Waals surface area contributed by atoms with Crippen LogP contribution in [-0.4, -0.2) is 42.6 Å². The lowest BCUT2D eigenvalue weighted by molar-refractivity contribution is 0.257. The van der Waals surface area contributed by atoms with Crippen molar-refractivity contribution < 1.29 is 8.78 Å². The first-order chi connectivity index (χ1) is 8.61. The van der Waals surface area contributed by atoms with Crippen LogP contribution in [0.3, 0.4) is 0 Å². The summed E-state index contributed by atoms with van der Waals surface area (Å²) in [4.78, 5) is 7.94. The molecule has 1 fully saturated rings. The number of nitrogen functional groups attached to an aromatic ring is 1. The van der Waals surface area contributed by atoms with Gasteiger partial charge in [-0.2, -0.15) is 0 Å². The minimum Gasteiger partial charge on any atom is -0.381 e. The smallest absolute Gasteiger partial charge is 0.168 e. The molecule has 1 aromatic heterocycles. The third-order valence-electron chi connectivity index (χ3n) is 3.15. The lowest BCUT2D eigenvalue weighted by atomic mass is 10.2. The molecule has 1 aliphatic rings. The zero-order valence-corrected chi connectivity index (χ0v) is 10.5. The van der Waals surface area contributed by atoms with Crippen LogP contribution >= 0.6 is 0 Å². The summed E-state index contributed by atoms with van der Waals surface area (Å²) in [6.07, 6.45) is 1.11. The molecule has 0 atom stereocenters. The molecule has 0 unspecified atom stereocenters. The van der Waals surface area contributed by atoms with Crippen LogP contribution in [0.25, 0.3) is 0 Å². The Morgan fingerprint density at radius 3 is 2.50 bits per heavy atom. The fraction of sp³-hybridized carbons (Fsp3) is 0.583. The highest BCUT2D eigenvalue weighted by atomic mass is 19.1. The Morgan fingerprint density at radius 1 is 1.22 bits per heavy atom. The highest BCUT2D eigenvalue weighted by Gasteiger charge is 2.21. The Morgan fingerprint density at radius 2 is 1.89 bits per heavy atom. The molecule has 2 heterocycles. The average Bonchev–Trinajstić information content (AvgIpc) is 2.35. The van der Waals surface area contributed by atoms with Crippen molar-refractivity contribution in [3.05, 3.63) is 17.7 Å². The molecule has 0 bridgehead atoms. The van der Waals surface area contributed by atoms with Crippen LogP contribution in [0.1, 0.15) is 13.3 Å². The van der Waals surface area contributed by atoms with Crippen molar-refractivity contribution in [1.29, 1.82) is 0 Å². The van der Waals surface area contributed by atoms with Crippen molar-refractivity contribution in [3.8, 4) is 0 Å². The molecular weight excluding hydrogens is 238 g/mol. The van der Waals surface area contributed by atoms with Gasteiger partial charge in [0.1, 0.15) is 0 Å². The lowest BCUT2D eigenvalue weighted by Gasteiger charge is -2.35. The maximum absolute atomic E-state index is 13.6. The van der Waals surface area contributed by atoms with E-state index in [2.05, 4.69) is 16.8 Å². The van der Waals surface area contributed by atoms with E-state index in [9.17, 15) is 8.78 Å². The van der Waals surface area contributed by atoms with Crippen LogP contribution in [0, 0.1) is 11.6 Å². The Bertz CT molecular complexity index is 417. The third-order valence-corrected chi connectivity index (χ3v) is 3.15. The number of halogens is 2. The van der Waals surface area contributed by atoms with E-state index in [1.54, 1.807) is 0 Å². The van der Waals surface area contributed by atoms with Gasteiger partial charge in [0, 0.05) is 32.2 Å². The quantitative estimate of drug-likeness (QED) is 0.889. The standard InChI is InChI=1S/C12H18F2N4/c1-2-3-17-4-6-18(7-5-17)12-10(14)8-9(13)11(15)16-12/h8H,2-7H2,1H3,(H2,15,16). The normalized spacial score (nSPS) is 17.2. The summed E-state index contributed by atoms with van der Waals surface area (Å²) >= 11 is 0. The maximum Gasteiger partial charge on any atom is 0.168 e. The summed E-state index contributed by atoms with van der Waals surface area (Å²) in [5.41, 5.74) is 5.38. The Kier molecular flexibility index (Phi) is 3.96. The molecule has 2 N–H and O–H groups in total. The maximum atomic E-state index is 13.6. The molecule has 0 saturated carbocycles.